The largest absolute Gasteiger partial charge is 0.354 e. The number of hydrogen-bond acceptors (Lipinski definition) is 4. The number of hydrogen-bond donors (Lipinski definition) is 2. The van der Waals surface area contributed by atoms with Crippen LogP contribution in [0.1, 0.15) is 12.5 Å². The Hall–Kier alpha value is -1.33. The van der Waals surface area contributed by atoms with E-state index in [2.05, 4.69) is 36.5 Å². The molecule has 0 bridgehead atoms. The van der Waals surface area contributed by atoms with Crippen LogP contribution in [0.15, 0.2) is 28.9 Å². The first-order valence-electron chi connectivity index (χ1n) is 5.89. The second-order valence-electron chi connectivity index (χ2n) is 4.01. The third-order valence-electron chi connectivity index (χ3n) is 2.51. The maximum Gasteiger partial charge on any atom is 0.224 e. The van der Waals surface area contributed by atoms with Gasteiger partial charge in [-0.3, -0.25) is 0 Å². The van der Waals surface area contributed by atoms with Gasteiger partial charge in [0.2, 0.25) is 5.95 Å². The number of anilines is 3. The number of nitrogens with one attached hydrogen (secondary N) is 2. The maximum absolute atomic E-state index is 6.09. The molecular weight excluding hydrogens is 328 g/mol. The molecule has 4 nitrogen and oxygen atoms in total. The number of rotatable bonds is 4. The van der Waals surface area contributed by atoms with E-state index >= 15 is 0 Å². The maximum atomic E-state index is 6.09. The average molecular weight is 342 g/mol. The Balaban J connectivity index is 2.26. The van der Waals surface area contributed by atoms with Crippen LogP contribution >= 0.6 is 27.5 Å². The second-order valence-corrected chi connectivity index (χ2v) is 5.27. The molecular formula is C13H14BrClN4. The molecule has 0 aliphatic rings. The van der Waals surface area contributed by atoms with E-state index in [-0.39, 0.29) is 0 Å². The molecule has 2 aromatic rings. The van der Waals surface area contributed by atoms with Crippen molar-refractivity contribution in [2.45, 2.75) is 13.8 Å². The molecule has 0 unspecified atom stereocenters. The fourth-order valence-electron chi connectivity index (χ4n) is 1.51. The highest BCUT2D eigenvalue weighted by Gasteiger charge is 2.06. The van der Waals surface area contributed by atoms with Crippen LogP contribution in [0.25, 0.3) is 0 Å². The van der Waals surface area contributed by atoms with Gasteiger partial charge >= 0.3 is 0 Å². The van der Waals surface area contributed by atoms with E-state index in [4.69, 9.17) is 11.6 Å². The molecule has 0 amide bonds. The van der Waals surface area contributed by atoms with E-state index in [1.165, 1.54) is 5.56 Å². The summed E-state index contributed by atoms with van der Waals surface area (Å²) in [5.74, 6) is 1.14. The van der Waals surface area contributed by atoms with Gasteiger partial charge in [0.1, 0.15) is 5.02 Å². The van der Waals surface area contributed by atoms with E-state index in [1.807, 2.05) is 32.0 Å². The van der Waals surface area contributed by atoms with E-state index in [1.54, 1.807) is 6.20 Å². The summed E-state index contributed by atoms with van der Waals surface area (Å²) in [6.07, 6.45) is 1.58. The predicted molar refractivity (Wildman–Crippen MR) is 83.4 cm³/mol. The van der Waals surface area contributed by atoms with E-state index in [0.717, 1.165) is 16.7 Å². The van der Waals surface area contributed by atoms with Crippen LogP contribution in [0.4, 0.5) is 17.5 Å². The van der Waals surface area contributed by atoms with Crippen molar-refractivity contribution in [2.24, 2.45) is 0 Å². The number of aryl methyl sites for hydroxylation is 1. The van der Waals surface area contributed by atoms with Crippen LogP contribution in [0.5, 0.6) is 0 Å². The molecule has 0 fully saturated rings. The Labute approximate surface area is 125 Å². The van der Waals surface area contributed by atoms with Gasteiger partial charge in [0.15, 0.2) is 5.82 Å². The molecule has 0 radical (unpaired) electrons. The lowest BCUT2D eigenvalue weighted by Crippen LogP contribution is -2.04. The molecule has 1 aromatic heterocycles. The molecule has 6 heteroatoms. The minimum atomic E-state index is 0.485. The summed E-state index contributed by atoms with van der Waals surface area (Å²) in [4.78, 5) is 8.43. The van der Waals surface area contributed by atoms with Gasteiger partial charge in [0.05, 0.1) is 6.20 Å². The molecule has 0 spiro atoms. The van der Waals surface area contributed by atoms with Crippen LogP contribution in [-0.4, -0.2) is 16.5 Å². The first-order chi connectivity index (χ1) is 9.10. The normalized spacial score (nSPS) is 10.3. The lowest BCUT2D eigenvalue weighted by Gasteiger charge is -2.10. The minimum absolute atomic E-state index is 0.485. The Morgan fingerprint density at radius 1 is 1.37 bits per heavy atom. The highest BCUT2D eigenvalue weighted by molar-refractivity contribution is 9.10. The summed E-state index contributed by atoms with van der Waals surface area (Å²) in [5.41, 5.74) is 2.09. The standard InChI is InChI=1S/C13H14BrClN4/c1-3-16-13-17-7-11(15)12(19-13)18-9-5-4-8(2)10(14)6-9/h4-7H,3H2,1-2H3,(H2,16,17,18,19). The average Bonchev–Trinajstić information content (AvgIpc) is 2.38. The van der Waals surface area contributed by atoms with Crippen molar-refractivity contribution < 1.29 is 0 Å². The summed E-state index contributed by atoms with van der Waals surface area (Å²) in [5, 5.41) is 6.72. The van der Waals surface area contributed by atoms with Gasteiger partial charge < -0.3 is 10.6 Å². The quantitative estimate of drug-likeness (QED) is 0.866. The molecule has 100 valence electrons. The third kappa shape index (κ3) is 3.58. The van der Waals surface area contributed by atoms with E-state index in [9.17, 15) is 0 Å². The van der Waals surface area contributed by atoms with Gasteiger partial charge in [-0.05, 0) is 31.5 Å². The Morgan fingerprint density at radius 3 is 2.84 bits per heavy atom. The van der Waals surface area contributed by atoms with Crippen LogP contribution in [-0.2, 0) is 0 Å². The third-order valence-corrected chi connectivity index (χ3v) is 3.64. The highest BCUT2D eigenvalue weighted by atomic mass is 79.9. The predicted octanol–water partition coefficient (Wildman–Crippen LogP) is 4.38. The van der Waals surface area contributed by atoms with Crippen molar-refractivity contribution in [2.75, 3.05) is 17.2 Å². The lowest BCUT2D eigenvalue weighted by molar-refractivity contribution is 1.09. The fraction of sp³-hybridized carbons (Fsp3) is 0.231. The van der Waals surface area contributed by atoms with Crippen LogP contribution in [0.3, 0.4) is 0 Å². The first-order valence-corrected chi connectivity index (χ1v) is 7.07. The van der Waals surface area contributed by atoms with Crippen LogP contribution in [0, 0.1) is 6.92 Å². The van der Waals surface area contributed by atoms with E-state index in [0.29, 0.717) is 16.8 Å². The molecule has 19 heavy (non-hydrogen) atoms. The highest BCUT2D eigenvalue weighted by Crippen LogP contribution is 2.26. The summed E-state index contributed by atoms with van der Waals surface area (Å²) >= 11 is 9.59. The van der Waals surface area contributed by atoms with Gasteiger partial charge in [-0.15, -0.1) is 0 Å². The van der Waals surface area contributed by atoms with Gasteiger partial charge in [-0.25, -0.2) is 4.98 Å². The summed E-state index contributed by atoms with van der Waals surface area (Å²) in [6, 6.07) is 5.98. The SMILES string of the molecule is CCNc1ncc(Cl)c(Nc2ccc(C)c(Br)c2)n1. The molecule has 0 aliphatic carbocycles. The first kappa shape index (κ1) is 14.1. The molecule has 2 rings (SSSR count). The number of aromatic nitrogens is 2. The van der Waals surface area contributed by atoms with Gasteiger partial charge in [-0.1, -0.05) is 33.6 Å². The van der Waals surface area contributed by atoms with Crippen molar-refractivity contribution in [1.82, 2.24) is 9.97 Å². The summed E-state index contributed by atoms with van der Waals surface area (Å²) in [7, 11) is 0. The number of benzene rings is 1. The summed E-state index contributed by atoms with van der Waals surface area (Å²) < 4.78 is 1.04. The van der Waals surface area contributed by atoms with Crippen LogP contribution < -0.4 is 10.6 Å². The van der Waals surface area contributed by atoms with E-state index < -0.39 is 0 Å². The zero-order valence-electron chi connectivity index (χ0n) is 10.7. The Morgan fingerprint density at radius 2 is 2.16 bits per heavy atom. The van der Waals surface area contributed by atoms with Gasteiger partial charge in [0.25, 0.3) is 0 Å². The number of halogens is 2. The lowest BCUT2D eigenvalue weighted by atomic mass is 10.2. The molecule has 0 saturated carbocycles. The van der Waals surface area contributed by atoms with Gasteiger partial charge in [0, 0.05) is 16.7 Å². The monoisotopic (exact) mass is 340 g/mol. The summed E-state index contributed by atoms with van der Waals surface area (Å²) in [6.45, 7) is 4.79. The smallest absolute Gasteiger partial charge is 0.224 e. The zero-order valence-corrected chi connectivity index (χ0v) is 13.0. The van der Waals surface area contributed by atoms with Crippen LogP contribution in [0.2, 0.25) is 5.02 Å². The van der Waals surface area contributed by atoms with Crippen molar-refractivity contribution in [3.63, 3.8) is 0 Å². The Bertz CT molecular complexity index is 589. The topological polar surface area (TPSA) is 49.8 Å². The molecule has 0 saturated heterocycles. The molecule has 1 heterocycles. The number of nitrogens with zero attached hydrogens (tertiary/aromatic N) is 2. The molecule has 2 N–H and O–H groups in total. The molecule has 0 atom stereocenters. The zero-order chi connectivity index (χ0) is 13.8. The van der Waals surface area contributed by atoms with Crippen molar-refractivity contribution in [3.05, 3.63) is 39.5 Å². The minimum Gasteiger partial charge on any atom is -0.354 e. The molecule has 1 aromatic carbocycles. The Kier molecular flexibility index (Phi) is 4.61. The van der Waals surface area contributed by atoms with Crippen molar-refractivity contribution in [3.8, 4) is 0 Å². The van der Waals surface area contributed by atoms with Crippen molar-refractivity contribution in [1.29, 1.82) is 0 Å². The van der Waals surface area contributed by atoms with Crippen molar-refractivity contribution >= 4 is 45.0 Å². The van der Waals surface area contributed by atoms with Gasteiger partial charge in [-0.2, -0.15) is 4.98 Å². The second kappa shape index (κ2) is 6.21. The molecule has 0 aliphatic heterocycles. The fourth-order valence-corrected chi connectivity index (χ4v) is 2.02.